The SMILES string of the molecule is Cc1ccc(SCCCC(=O)N(CCCN(C)C)c2nc3cc(C)c(C)cc3s2)cc1.Cl. The number of nitrogens with zero attached hydrogens (tertiary/aromatic N) is 3. The lowest BCUT2D eigenvalue weighted by Gasteiger charge is -2.21. The van der Waals surface area contributed by atoms with Crippen LogP contribution in [0.5, 0.6) is 0 Å². The standard InChI is InChI=1S/C25H33N3OS2.ClH/c1-18-9-11-21(12-10-18)30-15-6-8-24(29)28(14-7-13-27(4)5)25-26-22-16-19(2)20(3)17-23(22)31-25;/h9-12,16-17H,6-8,13-15H2,1-5H3;1H. The molecule has 0 atom stereocenters. The van der Waals surface area contributed by atoms with E-state index in [1.807, 2.05) is 16.7 Å². The third-order valence-corrected chi connectivity index (χ3v) is 7.48. The summed E-state index contributed by atoms with van der Waals surface area (Å²) >= 11 is 3.44. The van der Waals surface area contributed by atoms with Crippen molar-refractivity contribution in [3.8, 4) is 0 Å². The third-order valence-electron chi connectivity index (χ3n) is 5.34. The Morgan fingerprint density at radius 1 is 1.00 bits per heavy atom. The van der Waals surface area contributed by atoms with Crippen molar-refractivity contribution >= 4 is 56.8 Å². The van der Waals surface area contributed by atoms with E-state index in [0.717, 1.165) is 40.5 Å². The second-order valence-electron chi connectivity index (χ2n) is 8.37. The Labute approximate surface area is 206 Å². The molecule has 7 heteroatoms. The van der Waals surface area contributed by atoms with Crippen LogP contribution < -0.4 is 4.90 Å². The monoisotopic (exact) mass is 491 g/mol. The summed E-state index contributed by atoms with van der Waals surface area (Å²) in [7, 11) is 4.13. The minimum absolute atomic E-state index is 0. The number of halogens is 1. The molecule has 0 saturated heterocycles. The number of anilines is 1. The van der Waals surface area contributed by atoms with Crippen molar-refractivity contribution in [3.63, 3.8) is 0 Å². The quantitative estimate of drug-likeness (QED) is 0.239. The molecule has 0 aliphatic carbocycles. The fourth-order valence-electron chi connectivity index (χ4n) is 3.34. The predicted octanol–water partition coefficient (Wildman–Crippen LogP) is 6.50. The molecule has 0 fully saturated rings. The summed E-state index contributed by atoms with van der Waals surface area (Å²) < 4.78 is 1.15. The molecule has 0 radical (unpaired) electrons. The number of thiazole rings is 1. The Kier molecular flexibility index (Phi) is 10.5. The van der Waals surface area contributed by atoms with Gasteiger partial charge in [0, 0.05) is 17.9 Å². The van der Waals surface area contributed by atoms with Gasteiger partial charge in [0.1, 0.15) is 0 Å². The largest absolute Gasteiger partial charge is 0.309 e. The zero-order valence-corrected chi connectivity index (χ0v) is 22.1. The fourth-order valence-corrected chi connectivity index (χ4v) is 5.28. The van der Waals surface area contributed by atoms with Crippen LogP contribution >= 0.6 is 35.5 Å². The molecule has 0 spiro atoms. The molecule has 1 aromatic heterocycles. The van der Waals surface area contributed by atoms with E-state index < -0.39 is 0 Å². The maximum atomic E-state index is 13.2. The average Bonchev–Trinajstić information content (AvgIpc) is 3.12. The summed E-state index contributed by atoms with van der Waals surface area (Å²) in [6, 6.07) is 12.9. The molecule has 0 unspecified atom stereocenters. The number of aryl methyl sites for hydroxylation is 3. The highest BCUT2D eigenvalue weighted by atomic mass is 35.5. The number of hydrogen-bond acceptors (Lipinski definition) is 5. The van der Waals surface area contributed by atoms with Crippen LogP contribution in [0.25, 0.3) is 10.2 Å². The van der Waals surface area contributed by atoms with Crippen molar-refractivity contribution in [2.45, 2.75) is 44.9 Å². The van der Waals surface area contributed by atoms with Gasteiger partial charge in [-0.2, -0.15) is 0 Å². The van der Waals surface area contributed by atoms with E-state index in [2.05, 4.69) is 76.2 Å². The lowest BCUT2D eigenvalue weighted by Crippen LogP contribution is -2.33. The molecule has 1 heterocycles. The zero-order valence-electron chi connectivity index (χ0n) is 19.7. The smallest absolute Gasteiger partial charge is 0.228 e. The first-order chi connectivity index (χ1) is 14.8. The van der Waals surface area contributed by atoms with Crippen molar-refractivity contribution in [2.75, 3.05) is 37.8 Å². The predicted molar refractivity (Wildman–Crippen MR) is 143 cm³/mol. The van der Waals surface area contributed by atoms with Crippen LogP contribution in [0.2, 0.25) is 0 Å². The van der Waals surface area contributed by atoms with Crippen molar-refractivity contribution in [1.29, 1.82) is 0 Å². The second-order valence-corrected chi connectivity index (χ2v) is 10.5. The Balaban J connectivity index is 0.00000363. The van der Waals surface area contributed by atoms with Crippen LogP contribution in [0.4, 0.5) is 5.13 Å². The normalized spacial score (nSPS) is 11.1. The van der Waals surface area contributed by atoms with Gasteiger partial charge in [-0.15, -0.1) is 24.2 Å². The molecule has 0 aliphatic rings. The van der Waals surface area contributed by atoms with E-state index >= 15 is 0 Å². The molecule has 0 saturated carbocycles. The lowest BCUT2D eigenvalue weighted by atomic mass is 10.1. The number of aromatic nitrogens is 1. The summed E-state index contributed by atoms with van der Waals surface area (Å²) in [5, 5.41) is 0.829. The summed E-state index contributed by atoms with van der Waals surface area (Å²) in [4.78, 5) is 23.3. The molecule has 0 N–H and O–H groups in total. The van der Waals surface area contributed by atoms with Crippen molar-refractivity contribution < 1.29 is 4.79 Å². The average molecular weight is 492 g/mol. The van der Waals surface area contributed by atoms with E-state index in [0.29, 0.717) is 13.0 Å². The van der Waals surface area contributed by atoms with Crippen LogP contribution in [-0.4, -0.2) is 48.7 Å². The number of rotatable bonds is 10. The van der Waals surface area contributed by atoms with Crippen molar-refractivity contribution in [1.82, 2.24) is 9.88 Å². The third kappa shape index (κ3) is 7.48. The maximum absolute atomic E-state index is 13.2. The van der Waals surface area contributed by atoms with Crippen LogP contribution in [0.1, 0.15) is 36.0 Å². The molecule has 4 nitrogen and oxygen atoms in total. The minimum Gasteiger partial charge on any atom is -0.309 e. The first-order valence-electron chi connectivity index (χ1n) is 10.9. The molecule has 2 aromatic carbocycles. The molecule has 3 aromatic rings. The topological polar surface area (TPSA) is 36.4 Å². The van der Waals surface area contributed by atoms with Gasteiger partial charge >= 0.3 is 0 Å². The van der Waals surface area contributed by atoms with Gasteiger partial charge < -0.3 is 4.90 Å². The molecule has 3 rings (SSSR count). The number of carbonyl (C=O) groups is 1. The van der Waals surface area contributed by atoms with Gasteiger partial charge in [-0.3, -0.25) is 9.69 Å². The fraction of sp³-hybridized carbons (Fsp3) is 0.440. The van der Waals surface area contributed by atoms with Crippen LogP contribution in [-0.2, 0) is 4.79 Å². The summed E-state index contributed by atoms with van der Waals surface area (Å²) in [5.74, 6) is 1.12. The van der Waals surface area contributed by atoms with Gasteiger partial charge in [-0.1, -0.05) is 29.0 Å². The number of benzene rings is 2. The zero-order chi connectivity index (χ0) is 22.4. The molecule has 174 valence electrons. The lowest BCUT2D eigenvalue weighted by molar-refractivity contribution is -0.118. The number of hydrogen-bond donors (Lipinski definition) is 0. The Morgan fingerprint density at radius 3 is 2.38 bits per heavy atom. The first kappa shape index (κ1) is 26.7. The molecule has 0 bridgehead atoms. The minimum atomic E-state index is 0. The Hall–Kier alpha value is -1.60. The number of amides is 1. The summed E-state index contributed by atoms with van der Waals surface area (Å²) in [6.45, 7) is 8.00. The maximum Gasteiger partial charge on any atom is 0.228 e. The molecular formula is C25H34ClN3OS2. The van der Waals surface area contributed by atoms with E-state index in [4.69, 9.17) is 4.98 Å². The van der Waals surface area contributed by atoms with Crippen LogP contribution in [0, 0.1) is 20.8 Å². The first-order valence-corrected chi connectivity index (χ1v) is 12.7. The van der Waals surface area contributed by atoms with E-state index in [1.165, 1.54) is 21.6 Å². The van der Waals surface area contributed by atoms with E-state index in [9.17, 15) is 4.79 Å². The van der Waals surface area contributed by atoms with E-state index in [-0.39, 0.29) is 18.3 Å². The van der Waals surface area contributed by atoms with Crippen molar-refractivity contribution in [2.24, 2.45) is 0 Å². The van der Waals surface area contributed by atoms with Crippen LogP contribution in [0.15, 0.2) is 41.3 Å². The molecule has 1 amide bonds. The van der Waals surface area contributed by atoms with Crippen molar-refractivity contribution in [3.05, 3.63) is 53.1 Å². The number of thioether (sulfide) groups is 1. The van der Waals surface area contributed by atoms with Gasteiger partial charge in [0.15, 0.2) is 5.13 Å². The second kappa shape index (κ2) is 12.6. The molecular weight excluding hydrogens is 458 g/mol. The van der Waals surface area contributed by atoms with Gasteiger partial charge in [-0.05, 0) is 95.4 Å². The van der Waals surface area contributed by atoms with Gasteiger partial charge in [-0.25, -0.2) is 4.98 Å². The molecule has 32 heavy (non-hydrogen) atoms. The van der Waals surface area contributed by atoms with Gasteiger partial charge in [0.05, 0.1) is 10.2 Å². The van der Waals surface area contributed by atoms with Crippen LogP contribution in [0.3, 0.4) is 0 Å². The summed E-state index contributed by atoms with van der Waals surface area (Å²) in [6.07, 6.45) is 2.35. The highest BCUT2D eigenvalue weighted by molar-refractivity contribution is 7.99. The van der Waals surface area contributed by atoms with E-state index in [1.54, 1.807) is 11.3 Å². The Morgan fingerprint density at radius 2 is 1.69 bits per heavy atom. The highest BCUT2D eigenvalue weighted by Crippen LogP contribution is 2.31. The number of fused-ring (bicyclic) bond motifs is 1. The van der Waals surface area contributed by atoms with Gasteiger partial charge in [0.25, 0.3) is 0 Å². The Bertz CT molecular complexity index is 979. The highest BCUT2D eigenvalue weighted by Gasteiger charge is 2.19. The molecule has 0 aliphatic heterocycles. The van der Waals surface area contributed by atoms with Gasteiger partial charge in [0.2, 0.25) is 5.91 Å². The summed E-state index contributed by atoms with van der Waals surface area (Å²) in [5.41, 5.74) is 4.77. The number of carbonyl (C=O) groups excluding carboxylic acids is 1.